The average molecular weight is 427 g/mol. The van der Waals surface area contributed by atoms with Gasteiger partial charge in [0.05, 0.1) is 12.9 Å². The van der Waals surface area contributed by atoms with E-state index in [2.05, 4.69) is 5.32 Å². The Morgan fingerprint density at radius 2 is 1.90 bits per heavy atom. The van der Waals surface area contributed by atoms with Crippen molar-refractivity contribution in [2.45, 2.75) is 77.9 Å². The maximum atomic E-state index is 13.0. The molecule has 7 nitrogen and oxygen atoms in total. The van der Waals surface area contributed by atoms with Crippen LogP contribution in [0.3, 0.4) is 0 Å². The molecular weight excluding hydrogens is 392 g/mol. The Labute approximate surface area is 174 Å². The van der Waals surface area contributed by atoms with Crippen LogP contribution in [0, 0.1) is 0 Å². The van der Waals surface area contributed by atoms with Crippen molar-refractivity contribution in [1.29, 1.82) is 0 Å². The van der Waals surface area contributed by atoms with Gasteiger partial charge in [-0.05, 0) is 50.8 Å². The third-order valence-corrected chi connectivity index (χ3v) is 6.61. The van der Waals surface area contributed by atoms with Gasteiger partial charge in [-0.3, -0.25) is 0 Å². The predicted octanol–water partition coefficient (Wildman–Crippen LogP) is 4.07. The Kier molecular flexibility index (Phi) is 8.61. The zero-order valence-corrected chi connectivity index (χ0v) is 18.8. The molecule has 1 aromatic rings. The van der Waals surface area contributed by atoms with Gasteiger partial charge in [-0.2, -0.15) is 8.42 Å². The van der Waals surface area contributed by atoms with Gasteiger partial charge in [0.1, 0.15) is 0 Å². The van der Waals surface area contributed by atoms with Crippen molar-refractivity contribution >= 4 is 16.1 Å². The molecule has 0 saturated heterocycles. The minimum absolute atomic E-state index is 0.0458. The molecule has 1 aromatic carbocycles. The molecule has 1 N–H and O–H groups in total. The van der Waals surface area contributed by atoms with E-state index in [-0.39, 0.29) is 29.6 Å². The minimum Gasteiger partial charge on any atom is -0.493 e. The van der Waals surface area contributed by atoms with E-state index in [0.29, 0.717) is 12.3 Å². The second-order valence-corrected chi connectivity index (χ2v) is 9.44. The van der Waals surface area contributed by atoms with E-state index in [4.69, 9.17) is 8.92 Å². The van der Waals surface area contributed by atoms with Crippen LogP contribution in [-0.2, 0) is 16.7 Å². The number of carbonyl (C=O) groups excluding carboxylic acids is 1. The second kappa shape index (κ2) is 10.7. The summed E-state index contributed by atoms with van der Waals surface area (Å²) in [6.07, 6.45) is 6.41. The van der Waals surface area contributed by atoms with Gasteiger partial charge in [-0.15, -0.1) is 0 Å². The lowest BCUT2D eigenvalue weighted by molar-refractivity contribution is 0.166. The van der Waals surface area contributed by atoms with Crippen molar-refractivity contribution < 1.29 is 22.1 Å². The van der Waals surface area contributed by atoms with Crippen molar-refractivity contribution in [3.63, 3.8) is 0 Å². The molecule has 164 valence electrons. The molecule has 1 aliphatic carbocycles. The highest BCUT2D eigenvalue weighted by molar-refractivity contribution is 7.87. The topological polar surface area (TPSA) is 84.9 Å². The van der Waals surface area contributed by atoms with Crippen molar-refractivity contribution in [3.8, 4) is 11.5 Å². The first-order valence-corrected chi connectivity index (χ1v) is 12.0. The maximum Gasteiger partial charge on any atom is 0.318 e. The quantitative estimate of drug-likeness (QED) is 0.602. The Balaban J connectivity index is 2.20. The summed E-state index contributed by atoms with van der Waals surface area (Å²) in [5.41, 5.74) is 0.784. The summed E-state index contributed by atoms with van der Waals surface area (Å²) < 4.78 is 34.2. The van der Waals surface area contributed by atoms with E-state index in [9.17, 15) is 13.2 Å². The van der Waals surface area contributed by atoms with Crippen LogP contribution in [0.2, 0.25) is 0 Å². The van der Waals surface area contributed by atoms with Crippen LogP contribution in [0.15, 0.2) is 18.2 Å². The SMILES string of the molecule is CCC(C)N(Cc1ccc(OC)c(OS(=O)(=O)CC)c1)C(=O)NC1CCCCC1. The highest BCUT2D eigenvalue weighted by Gasteiger charge is 2.24. The number of methoxy groups -OCH3 is 1. The number of amides is 2. The number of hydrogen-bond donors (Lipinski definition) is 1. The Hall–Kier alpha value is -1.96. The van der Waals surface area contributed by atoms with Gasteiger partial charge in [0.15, 0.2) is 11.5 Å². The lowest BCUT2D eigenvalue weighted by atomic mass is 9.96. The summed E-state index contributed by atoms with van der Waals surface area (Å²) in [6, 6.07) is 5.33. The third kappa shape index (κ3) is 6.80. The molecule has 1 aliphatic rings. The molecule has 0 aromatic heterocycles. The molecule has 29 heavy (non-hydrogen) atoms. The van der Waals surface area contributed by atoms with Crippen molar-refractivity contribution in [2.75, 3.05) is 12.9 Å². The Morgan fingerprint density at radius 3 is 2.48 bits per heavy atom. The molecule has 2 amide bonds. The highest BCUT2D eigenvalue weighted by Crippen LogP contribution is 2.30. The average Bonchev–Trinajstić information content (AvgIpc) is 2.72. The summed E-state index contributed by atoms with van der Waals surface area (Å²) in [5, 5.41) is 3.17. The fourth-order valence-corrected chi connectivity index (χ4v) is 3.95. The standard InChI is InChI=1S/C21H34N2O5S/c1-5-16(3)23(21(24)22-18-10-8-7-9-11-18)15-17-12-13-19(27-4)20(14-17)28-29(25,26)6-2/h12-14,16,18H,5-11,15H2,1-4H3,(H,22,24). The van der Waals surface area contributed by atoms with Crippen molar-refractivity contribution in [3.05, 3.63) is 23.8 Å². The van der Waals surface area contributed by atoms with E-state index in [0.717, 1.165) is 37.7 Å². The molecule has 0 aliphatic heterocycles. The summed E-state index contributed by atoms with van der Waals surface area (Å²) >= 11 is 0. The summed E-state index contributed by atoms with van der Waals surface area (Å²) in [6.45, 7) is 5.94. The van der Waals surface area contributed by atoms with E-state index in [1.807, 2.05) is 19.9 Å². The first-order valence-electron chi connectivity index (χ1n) is 10.5. The lowest BCUT2D eigenvalue weighted by Gasteiger charge is -2.32. The lowest BCUT2D eigenvalue weighted by Crippen LogP contribution is -2.48. The van der Waals surface area contributed by atoms with Crippen LogP contribution in [0.5, 0.6) is 11.5 Å². The van der Waals surface area contributed by atoms with E-state index in [1.54, 1.807) is 17.0 Å². The summed E-state index contributed by atoms with van der Waals surface area (Å²) in [7, 11) is -2.22. The van der Waals surface area contributed by atoms with Gasteiger partial charge in [0.25, 0.3) is 0 Å². The van der Waals surface area contributed by atoms with E-state index in [1.165, 1.54) is 20.5 Å². The molecule has 0 radical (unpaired) electrons. The number of benzene rings is 1. The molecule has 8 heteroatoms. The minimum atomic E-state index is -3.68. The fraction of sp³-hybridized carbons (Fsp3) is 0.667. The molecule has 0 spiro atoms. The first kappa shape index (κ1) is 23.3. The largest absolute Gasteiger partial charge is 0.493 e. The molecule has 0 heterocycles. The van der Waals surface area contributed by atoms with Crippen LogP contribution < -0.4 is 14.2 Å². The number of ether oxygens (including phenoxy) is 1. The molecule has 1 fully saturated rings. The molecule has 2 rings (SSSR count). The maximum absolute atomic E-state index is 13.0. The van der Waals surface area contributed by atoms with Gasteiger partial charge in [-0.1, -0.05) is 32.3 Å². The number of nitrogens with one attached hydrogen (secondary N) is 1. The van der Waals surface area contributed by atoms with E-state index >= 15 is 0 Å². The molecule has 0 bridgehead atoms. The van der Waals surface area contributed by atoms with Crippen molar-refractivity contribution in [2.24, 2.45) is 0 Å². The van der Waals surface area contributed by atoms with Gasteiger partial charge < -0.3 is 19.1 Å². The third-order valence-electron chi connectivity index (χ3n) is 5.47. The van der Waals surface area contributed by atoms with E-state index < -0.39 is 10.1 Å². The monoisotopic (exact) mass is 426 g/mol. The number of rotatable bonds is 9. The van der Waals surface area contributed by atoms with Crippen LogP contribution in [0.4, 0.5) is 4.79 Å². The first-order chi connectivity index (χ1) is 13.8. The van der Waals surface area contributed by atoms with Gasteiger partial charge in [0.2, 0.25) is 0 Å². The number of nitrogens with zero attached hydrogens (tertiary/aromatic N) is 1. The molecule has 1 unspecified atom stereocenters. The van der Waals surface area contributed by atoms with Crippen molar-refractivity contribution in [1.82, 2.24) is 10.2 Å². The van der Waals surface area contributed by atoms with Gasteiger partial charge >= 0.3 is 16.1 Å². The number of carbonyl (C=O) groups is 1. The van der Waals surface area contributed by atoms with Crippen LogP contribution in [-0.4, -0.2) is 44.3 Å². The highest BCUT2D eigenvalue weighted by atomic mass is 32.2. The molecule has 1 atom stereocenters. The Bertz CT molecular complexity index is 775. The predicted molar refractivity (Wildman–Crippen MR) is 114 cm³/mol. The summed E-state index contributed by atoms with van der Waals surface area (Å²) in [4.78, 5) is 14.8. The van der Waals surface area contributed by atoms with Crippen LogP contribution in [0.1, 0.15) is 64.9 Å². The Morgan fingerprint density at radius 1 is 1.21 bits per heavy atom. The van der Waals surface area contributed by atoms with Gasteiger partial charge in [-0.25, -0.2) is 4.79 Å². The molecular formula is C21H34N2O5S. The smallest absolute Gasteiger partial charge is 0.318 e. The zero-order valence-electron chi connectivity index (χ0n) is 17.9. The number of hydrogen-bond acceptors (Lipinski definition) is 5. The zero-order chi connectivity index (χ0) is 21.4. The van der Waals surface area contributed by atoms with Crippen LogP contribution in [0.25, 0.3) is 0 Å². The summed E-state index contributed by atoms with van der Waals surface area (Å²) in [5.74, 6) is 0.347. The normalized spacial score (nSPS) is 16.1. The fourth-order valence-electron chi connectivity index (χ4n) is 3.43. The number of urea groups is 1. The van der Waals surface area contributed by atoms with Crippen LogP contribution >= 0.6 is 0 Å². The molecule has 1 saturated carbocycles. The van der Waals surface area contributed by atoms with Gasteiger partial charge in [0, 0.05) is 18.6 Å². The second-order valence-electron chi connectivity index (χ2n) is 7.58.